The predicted octanol–water partition coefficient (Wildman–Crippen LogP) is 5.19. The number of ether oxygens (including phenoxy) is 1. The molecule has 0 saturated carbocycles. The zero-order valence-electron chi connectivity index (χ0n) is 18.6. The smallest absolute Gasteiger partial charge is 0.410 e. The zero-order chi connectivity index (χ0) is 22.8. The average molecular weight is 464 g/mol. The van der Waals surface area contributed by atoms with Crippen molar-refractivity contribution in [1.29, 1.82) is 0 Å². The Morgan fingerprint density at radius 1 is 1.29 bits per heavy atom. The molecule has 1 aliphatic rings. The normalized spacial score (nSPS) is 16.7. The molecule has 1 aromatic heterocycles. The molecule has 0 N–H and O–H groups in total. The second kappa shape index (κ2) is 9.56. The van der Waals surface area contributed by atoms with Crippen LogP contribution in [0.3, 0.4) is 0 Å². The van der Waals surface area contributed by atoms with Gasteiger partial charge in [0.05, 0.1) is 22.8 Å². The maximum Gasteiger partial charge on any atom is 0.410 e. The minimum atomic E-state index is -0.624. The number of thioether (sulfide) groups is 1. The summed E-state index contributed by atoms with van der Waals surface area (Å²) in [5.74, 6) is -0.143. The van der Waals surface area contributed by atoms with Gasteiger partial charge in [-0.3, -0.25) is 14.5 Å². The lowest BCUT2D eigenvalue weighted by Gasteiger charge is -2.30. The highest BCUT2D eigenvalue weighted by atomic mass is 32.2. The number of rotatable bonds is 5. The van der Waals surface area contributed by atoms with Gasteiger partial charge in [-0.15, -0.1) is 11.3 Å². The second-order valence-corrected chi connectivity index (χ2v) is 11.1. The molecule has 0 spiro atoms. The monoisotopic (exact) mass is 463 g/mol. The van der Waals surface area contributed by atoms with E-state index in [1.165, 1.54) is 16.2 Å². The molecule has 1 aliphatic heterocycles. The summed E-state index contributed by atoms with van der Waals surface area (Å²) in [6.45, 7) is 9.61. The van der Waals surface area contributed by atoms with Gasteiger partial charge in [0.2, 0.25) is 0 Å². The summed E-state index contributed by atoms with van der Waals surface area (Å²) in [6.07, 6.45) is 0.851. The fourth-order valence-corrected chi connectivity index (χ4v) is 5.43. The number of para-hydroxylation sites is 1. The van der Waals surface area contributed by atoms with Gasteiger partial charge in [-0.25, -0.2) is 9.78 Å². The van der Waals surface area contributed by atoms with Crippen LogP contribution in [0.25, 0.3) is 10.2 Å². The molecule has 0 unspecified atom stereocenters. The Kier molecular flexibility index (Phi) is 7.26. The van der Waals surface area contributed by atoms with Crippen molar-refractivity contribution in [2.75, 3.05) is 13.1 Å². The fourth-order valence-electron chi connectivity index (χ4n) is 3.40. The number of amides is 2. The van der Waals surface area contributed by atoms with E-state index in [0.717, 1.165) is 28.4 Å². The number of carbonyl (C=O) groups excluding carboxylic acids is 3. The molecule has 7 nitrogen and oxygen atoms in total. The molecule has 2 heterocycles. The van der Waals surface area contributed by atoms with Crippen molar-refractivity contribution in [3.8, 4) is 0 Å². The molecule has 1 aromatic carbocycles. The first-order valence-electron chi connectivity index (χ1n) is 10.4. The van der Waals surface area contributed by atoms with E-state index in [0.29, 0.717) is 17.3 Å². The molecule has 9 heteroatoms. The van der Waals surface area contributed by atoms with Crippen molar-refractivity contribution in [3.63, 3.8) is 0 Å². The van der Waals surface area contributed by atoms with Gasteiger partial charge in [-0.2, -0.15) is 0 Å². The van der Waals surface area contributed by atoms with E-state index < -0.39 is 17.7 Å². The number of benzene rings is 1. The van der Waals surface area contributed by atoms with Crippen molar-refractivity contribution in [1.82, 2.24) is 14.8 Å². The number of hydrogen-bond donors (Lipinski definition) is 0. The lowest BCUT2D eigenvalue weighted by atomic mass is 10.1. The molecule has 0 radical (unpaired) electrons. The molecule has 2 aromatic rings. The van der Waals surface area contributed by atoms with Crippen LogP contribution in [0.4, 0.5) is 9.59 Å². The number of hydrogen-bond acceptors (Lipinski definition) is 7. The van der Waals surface area contributed by atoms with Crippen molar-refractivity contribution in [2.45, 2.75) is 69.5 Å². The molecule has 0 bridgehead atoms. The molecule has 3 rings (SSSR count). The Bertz CT molecular complexity index is 934. The first-order chi connectivity index (χ1) is 14.5. The third-order valence-electron chi connectivity index (χ3n) is 4.89. The second-order valence-electron chi connectivity index (χ2n) is 8.84. The van der Waals surface area contributed by atoms with E-state index in [1.54, 1.807) is 25.7 Å². The fraction of sp³-hybridized carbons (Fsp3) is 0.545. The molecule has 31 heavy (non-hydrogen) atoms. The first-order valence-corrected chi connectivity index (χ1v) is 12.0. The van der Waals surface area contributed by atoms with E-state index >= 15 is 0 Å². The van der Waals surface area contributed by atoms with Crippen LogP contribution >= 0.6 is 23.1 Å². The van der Waals surface area contributed by atoms with Gasteiger partial charge in [0.15, 0.2) is 10.1 Å². The topological polar surface area (TPSA) is 79.8 Å². The minimum absolute atomic E-state index is 0.0433. The van der Waals surface area contributed by atoms with Gasteiger partial charge >= 0.3 is 6.09 Å². The van der Waals surface area contributed by atoms with Crippen LogP contribution in [-0.4, -0.2) is 62.7 Å². The van der Waals surface area contributed by atoms with Gasteiger partial charge in [0, 0.05) is 24.3 Å². The lowest BCUT2D eigenvalue weighted by molar-refractivity contribution is -0.124. The quantitative estimate of drug-likeness (QED) is 0.568. The molecular weight excluding hydrogens is 434 g/mol. The summed E-state index contributed by atoms with van der Waals surface area (Å²) in [7, 11) is 0. The van der Waals surface area contributed by atoms with Crippen molar-refractivity contribution < 1.29 is 19.1 Å². The Balaban J connectivity index is 1.67. The molecule has 1 saturated heterocycles. The van der Waals surface area contributed by atoms with Gasteiger partial charge in [-0.05, 0) is 59.6 Å². The number of carbonyl (C=O) groups is 3. The van der Waals surface area contributed by atoms with Crippen LogP contribution in [-0.2, 0) is 9.53 Å². The highest BCUT2D eigenvalue weighted by Gasteiger charge is 2.37. The first kappa shape index (κ1) is 23.5. The highest BCUT2D eigenvalue weighted by Crippen LogP contribution is 2.31. The standard InChI is InChI=1S/C22H29N3O4S2/c1-14(2)25(21(28)31-19-23-15-9-6-7-11-18(15)30-19)13-17(26)16-10-8-12-24(16)20(27)29-22(3,4)5/h6-7,9,11,14,16H,8,10,12-13H2,1-5H3/t16-/m0/s1. The predicted molar refractivity (Wildman–Crippen MR) is 124 cm³/mol. The Hall–Kier alpha value is -2.13. The number of aromatic nitrogens is 1. The van der Waals surface area contributed by atoms with Crippen LogP contribution in [0.1, 0.15) is 47.5 Å². The number of nitrogens with zero attached hydrogens (tertiary/aromatic N) is 3. The maximum atomic E-state index is 13.1. The van der Waals surface area contributed by atoms with Crippen LogP contribution in [0.5, 0.6) is 0 Å². The van der Waals surface area contributed by atoms with E-state index in [4.69, 9.17) is 4.74 Å². The third kappa shape index (κ3) is 5.98. The van der Waals surface area contributed by atoms with Crippen molar-refractivity contribution >= 4 is 50.4 Å². The van der Waals surface area contributed by atoms with Crippen molar-refractivity contribution in [3.05, 3.63) is 24.3 Å². The Morgan fingerprint density at radius 2 is 2.00 bits per heavy atom. The number of Topliss-reactive ketones (excluding diaryl/α,β-unsaturated/α-hetero) is 1. The lowest BCUT2D eigenvalue weighted by Crippen LogP contribution is -2.48. The summed E-state index contributed by atoms with van der Waals surface area (Å²) in [6, 6.07) is 7.01. The number of fused-ring (bicyclic) bond motifs is 1. The van der Waals surface area contributed by atoms with E-state index in [9.17, 15) is 14.4 Å². The largest absolute Gasteiger partial charge is 0.444 e. The SMILES string of the molecule is CC(C)N(CC(=O)[C@@H]1CCCN1C(=O)OC(C)(C)C)C(=O)Sc1nc2ccccc2s1. The molecule has 1 atom stereocenters. The number of thiazole rings is 1. The highest BCUT2D eigenvalue weighted by molar-refractivity contribution is 8.14. The van der Waals surface area contributed by atoms with E-state index in [1.807, 2.05) is 38.1 Å². The van der Waals surface area contributed by atoms with Gasteiger partial charge < -0.3 is 9.64 Å². The van der Waals surface area contributed by atoms with Crippen molar-refractivity contribution in [2.24, 2.45) is 0 Å². The van der Waals surface area contributed by atoms with Crippen LogP contribution in [0.2, 0.25) is 0 Å². The van der Waals surface area contributed by atoms with Gasteiger partial charge in [-0.1, -0.05) is 12.1 Å². The molecule has 0 aliphatic carbocycles. The van der Waals surface area contributed by atoms with E-state index in [-0.39, 0.29) is 23.6 Å². The van der Waals surface area contributed by atoms with E-state index in [2.05, 4.69) is 4.98 Å². The summed E-state index contributed by atoms with van der Waals surface area (Å²) >= 11 is 2.50. The summed E-state index contributed by atoms with van der Waals surface area (Å²) in [5.41, 5.74) is 0.232. The number of ketones is 1. The maximum absolute atomic E-state index is 13.1. The summed E-state index contributed by atoms with van der Waals surface area (Å²) in [5, 5.41) is -0.218. The van der Waals surface area contributed by atoms with Gasteiger partial charge in [0.1, 0.15) is 5.60 Å². The van der Waals surface area contributed by atoms with Crippen LogP contribution in [0.15, 0.2) is 28.6 Å². The zero-order valence-corrected chi connectivity index (χ0v) is 20.2. The summed E-state index contributed by atoms with van der Waals surface area (Å²) in [4.78, 5) is 46.1. The van der Waals surface area contributed by atoms with Crippen LogP contribution in [0, 0.1) is 0 Å². The number of likely N-dealkylation sites (tertiary alicyclic amines) is 1. The third-order valence-corrected chi connectivity index (χ3v) is 6.89. The molecule has 2 amide bonds. The molecule has 168 valence electrons. The molecule has 1 fully saturated rings. The van der Waals surface area contributed by atoms with Gasteiger partial charge in [0.25, 0.3) is 5.24 Å². The average Bonchev–Trinajstić information content (AvgIpc) is 3.30. The van der Waals surface area contributed by atoms with Crippen LogP contribution < -0.4 is 0 Å². The Morgan fingerprint density at radius 3 is 2.65 bits per heavy atom. The summed E-state index contributed by atoms with van der Waals surface area (Å²) < 4.78 is 7.12. The minimum Gasteiger partial charge on any atom is -0.444 e. The molecular formula is C22H29N3O4S2. The Labute approximate surface area is 191 Å².